The standard InChI is InChI=1S/C13H19NO2/c14-10-12-5-2-1-3-11(12)4-6-13(9-12)15-7-8-16-13/h11H,1-9H2. The van der Waals surface area contributed by atoms with E-state index in [2.05, 4.69) is 6.07 Å². The first-order chi connectivity index (χ1) is 7.79. The van der Waals surface area contributed by atoms with Crippen LogP contribution in [0, 0.1) is 22.7 Å². The molecule has 3 aliphatic rings. The molecule has 3 nitrogen and oxygen atoms in total. The van der Waals surface area contributed by atoms with Crippen molar-refractivity contribution in [2.45, 2.75) is 50.7 Å². The Morgan fingerprint density at radius 3 is 2.62 bits per heavy atom. The molecule has 3 rings (SSSR count). The molecule has 88 valence electrons. The average Bonchev–Trinajstić information content (AvgIpc) is 2.77. The molecule has 1 saturated heterocycles. The van der Waals surface area contributed by atoms with Crippen LogP contribution in [0.2, 0.25) is 0 Å². The fourth-order valence-corrected chi connectivity index (χ4v) is 3.86. The van der Waals surface area contributed by atoms with E-state index in [1.54, 1.807) is 0 Å². The number of rotatable bonds is 0. The van der Waals surface area contributed by atoms with Crippen molar-refractivity contribution in [2.75, 3.05) is 13.2 Å². The summed E-state index contributed by atoms with van der Waals surface area (Å²) in [5.41, 5.74) is -0.152. The Hall–Kier alpha value is -0.590. The predicted molar refractivity (Wildman–Crippen MR) is 58.5 cm³/mol. The van der Waals surface area contributed by atoms with Gasteiger partial charge in [-0.2, -0.15) is 5.26 Å². The second-order valence-electron chi connectivity index (χ2n) is 5.53. The topological polar surface area (TPSA) is 42.2 Å². The average molecular weight is 221 g/mol. The number of nitrogens with zero attached hydrogens (tertiary/aromatic N) is 1. The van der Waals surface area contributed by atoms with Crippen LogP contribution in [0.5, 0.6) is 0 Å². The van der Waals surface area contributed by atoms with Crippen molar-refractivity contribution >= 4 is 0 Å². The summed E-state index contributed by atoms with van der Waals surface area (Å²) in [7, 11) is 0. The highest BCUT2D eigenvalue weighted by Crippen LogP contribution is 2.54. The molecule has 0 aromatic rings. The molecule has 0 aromatic heterocycles. The Morgan fingerprint density at radius 1 is 1.06 bits per heavy atom. The molecule has 1 spiro atoms. The minimum Gasteiger partial charge on any atom is -0.347 e. The first-order valence-corrected chi connectivity index (χ1v) is 6.48. The molecular weight excluding hydrogens is 202 g/mol. The van der Waals surface area contributed by atoms with E-state index in [1.165, 1.54) is 19.3 Å². The van der Waals surface area contributed by atoms with Crippen LogP contribution in [0.3, 0.4) is 0 Å². The number of nitriles is 1. The first kappa shape index (κ1) is 10.6. The van der Waals surface area contributed by atoms with Gasteiger partial charge >= 0.3 is 0 Å². The minimum atomic E-state index is -0.399. The molecule has 16 heavy (non-hydrogen) atoms. The molecule has 0 radical (unpaired) electrons. The minimum absolute atomic E-state index is 0.152. The van der Waals surface area contributed by atoms with Crippen molar-refractivity contribution in [2.24, 2.45) is 11.3 Å². The smallest absolute Gasteiger partial charge is 0.170 e. The van der Waals surface area contributed by atoms with Crippen LogP contribution in [-0.2, 0) is 9.47 Å². The molecule has 2 saturated carbocycles. The maximum atomic E-state index is 9.56. The van der Waals surface area contributed by atoms with Crippen molar-refractivity contribution in [1.82, 2.24) is 0 Å². The molecule has 2 unspecified atom stereocenters. The van der Waals surface area contributed by atoms with Crippen molar-refractivity contribution in [3.05, 3.63) is 0 Å². The van der Waals surface area contributed by atoms with Gasteiger partial charge in [-0.1, -0.05) is 12.8 Å². The highest BCUT2D eigenvalue weighted by atomic mass is 16.7. The number of hydrogen-bond acceptors (Lipinski definition) is 3. The van der Waals surface area contributed by atoms with Gasteiger partial charge < -0.3 is 9.47 Å². The molecular formula is C13H19NO2. The van der Waals surface area contributed by atoms with Gasteiger partial charge in [0.05, 0.1) is 24.7 Å². The Labute approximate surface area is 96.7 Å². The van der Waals surface area contributed by atoms with E-state index in [9.17, 15) is 5.26 Å². The third-order valence-electron chi connectivity index (χ3n) is 4.70. The van der Waals surface area contributed by atoms with Crippen molar-refractivity contribution < 1.29 is 9.47 Å². The Bertz CT molecular complexity index is 316. The van der Waals surface area contributed by atoms with Crippen molar-refractivity contribution in [3.8, 4) is 6.07 Å². The van der Waals surface area contributed by atoms with Gasteiger partial charge in [-0.25, -0.2) is 0 Å². The quantitative estimate of drug-likeness (QED) is 0.631. The van der Waals surface area contributed by atoms with Crippen LogP contribution in [0.1, 0.15) is 44.9 Å². The van der Waals surface area contributed by atoms with Gasteiger partial charge in [0.1, 0.15) is 0 Å². The summed E-state index contributed by atoms with van der Waals surface area (Å²) in [4.78, 5) is 0. The number of hydrogen-bond donors (Lipinski definition) is 0. The molecule has 0 amide bonds. The zero-order chi connectivity index (χ0) is 11.1. The highest BCUT2D eigenvalue weighted by molar-refractivity contribution is 5.10. The largest absolute Gasteiger partial charge is 0.347 e. The highest BCUT2D eigenvalue weighted by Gasteiger charge is 2.54. The number of ether oxygens (including phenoxy) is 2. The summed E-state index contributed by atoms with van der Waals surface area (Å²) in [5.74, 6) is 0.188. The van der Waals surface area contributed by atoms with E-state index in [1.807, 2.05) is 0 Å². The monoisotopic (exact) mass is 221 g/mol. The second-order valence-corrected chi connectivity index (χ2v) is 5.53. The van der Waals surface area contributed by atoms with Gasteiger partial charge in [0.15, 0.2) is 5.79 Å². The molecule has 2 atom stereocenters. The maximum absolute atomic E-state index is 9.56. The SMILES string of the molecule is N#CC12CCCCC1CCC1(C2)OCCO1. The molecule has 0 N–H and O–H groups in total. The third-order valence-corrected chi connectivity index (χ3v) is 4.70. The van der Waals surface area contributed by atoms with Crippen LogP contribution < -0.4 is 0 Å². The lowest BCUT2D eigenvalue weighted by Crippen LogP contribution is -2.47. The zero-order valence-corrected chi connectivity index (χ0v) is 9.71. The van der Waals surface area contributed by atoms with Crippen LogP contribution >= 0.6 is 0 Å². The fraction of sp³-hybridized carbons (Fsp3) is 0.923. The van der Waals surface area contributed by atoms with Gasteiger partial charge in [-0.05, 0) is 25.2 Å². The van der Waals surface area contributed by atoms with E-state index >= 15 is 0 Å². The third kappa shape index (κ3) is 1.48. The lowest BCUT2D eigenvalue weighted by Gasteiger charge is -2.48. The van der Waals surface area contributed by atoms with Crippen LogP contribution in [0.15, 0.2) is 0 Å². The molecule has 1 heterocycles. The van der Waals surface area contributed by atoms with Gasteiger partial charge in [0.25, 0.3) is 0 Å². The van der Waals surface area contributed by atoms with Gasteiger partial charge in [-0.3, -0.25) is 0 Å². The maximum Gasteiger partial charge on any atom is 0.170 e. The molecule has 1 aliphatic heterocycles. The van der Waals surface area contributed by atoms with E-state index < -0.39 is 5.79 Å². The van der Waals surface area contributed by atoms with E-state index in [0.717, 1.165) is 25.7 Å². The summed E-state index contributed by atoms with van der Waals surface area (Å²) < 4.78 is 11.6. The zero-order valence-electron chi connectivity index (χ0n) is 9.71. The molecule has 0 aromatic carbocycles. The Kier molecular flexibility index (Phi) is 2.45. The van der Waals surface area contributed by atoms with Gasteiger partial charge in [0, 0.05) is 12.8 Å². The van der Waals surface area contributed by atoms with Crippen molar-refractivity contribution in [3.63, 3.8) is 0 Å². The summed E-state index contributed by atoms with van der Waals surface area (Å²) >= 11 is 0. The Balaban J connectivity index is 1.85. The summed E-state index contributed by atoms with van der Waals surface area (Å²) in [6, 6.07) is 2.61. The van der Waals surface area contributed by atoms with Crippen LogP contribution in [0.4, 0.5) is 0 Å². The van der Waals surface area contributed by atoms with E-state index in [4.69, 9.17) is 9.47 Å². The number of fused-ring (bicyclic) bond motifs is 1. The van der Waals surface area contributed by atoms with Crippen molar-refractivity contribution in [1.29, 1.82) is 5.26 Å². The van der Waals surface area contributed by atoms with Crippen LogP contribution in [-0.4, -0.2) is 19.0 Å². The predicted octanol–water partition coefficient (Wildman–Crippen LogP) is 2.61. The Morgan fingerprint density at radius 2 is 1.88 bits per heavy atom. The molecule has 3 heteroatoms. The lowest BCUT2D eigenvalue weighted by molar-refractivity contribution is -0.209. The normalized spacial score (nSPS) is 41.6. The lowest BCUT2D eigenvalue weighted by atomic mass is 9.59. The molecule has 2 aliphatic carbocycles. The first-order valence-electron chi connectivity index (χ1n) is 6.48. The van der Waals surface area contributed by atoms with Gasteiger partial charge in [-0.15, -0.1) is 0 Å². The summed E-state index contributed by atoms with van der Waals surface area (Å²) in [6.07, 6.45) is 7.66. The summed E-state index contributed by atoms with van der Waals surface area (Å²) in [5, 5.41) is 9.56. The second kappa shape index (κ2) is 3.72. The molecule has 3 fully saturated rings. The summed E-state index contributed by atoms with van der Waals surface area (Å²) in [6.45, 7) is 1.40. The van der Waals surface area contributed by atoms with E-state index in [-0.39, 0.29) is 5.41 Å². The van der Waals surface area contributed by atoms with Crippen LogP contribution in [0.25, 0.3) is 0 Å². The fourth-order valence-electron chi connectivity index (χ4n) is 3.86. The molecule has 0 bridgehead atoms. The van der Waals surface area contributed by atoms with E-state index in [0.29, 0.717) is 19.1 Å². The van der Waals surface area contributed by atoms with Gasteiger partial charge in [0.2, 0.25) is 0 Å².